The van der Waals surface area contributed by atoms with Crippen molar-refractivity contribution in [2.45, 2.75) is 44.4 Å². The van der Waals surface area contributed by atoms with Crippen LogP contribution < -0.4 is 5.32 Å². The summed E-state index contributed by atoms with van der Waals surface area (Å²) in [5.74, 6) is 1.07. The first-order valence-electron chi connectivity index (χ1n) is 6.06. The Hall–Kier alpha value is -0.0600. The van der Waals surface area contributed by atoms with Gasteiger partial charge in [-0.1, -0.05) is 6.92 Å². The molecule has 16 heavy (non-hydrogen) atoms. The molecule has 1 N–H and O–H groups in total. The van der Waals surface area contributed by atoms with Crippen LogP contribution in [0.5, 0.6) is 0 Å². The topological polar surface area (TPSA) is 24.9 Å². The summed E-state index contributed by atoms with van der Waals surface area (Å²) in [5.41, 5.74) is 1.37. The quantitative estimate of drug-likeness (QED) is 0.874. The van der Waals surface area contributed by atoms with Crippen LogP contribution in [-0.4, -0.2) is 17.8 Å². The highest BCUT2D eigenvalue weighted by Gasteiger charge is 2.23. The molecule has 2 rings (SSSR count). The van der Waals surface area contributed by atoms with Gasteiger partial charge in [0.15, 0.2) is 0 Å². The van der Waals surface area contributed by atoms with Crippen molar-refractivity contribution in [2.75, 3.05) is 12.8 Å². The van der Waals surface area contributed by atoms with E-state index in [1.165, 1.54) is 41.3 Å². The van der Waals surface area contributed by atoms with Crippen molar-refractivity contribution in [1.29, 1.82) is 0 Å². The molecular formula is C12H20N2S2. The van der Waals surface area contributed by atoms with Gasteiger partial charge < -0.3 is 5.32 Å². The van der Waals surface area contributed by atoms with Gasteiger partial charge in [-0.3, -0.25) is 0 Å². The Kier molecular flexibility index (Phi) is 4.67. The third-order valence-electron chi connectivity index (χ3n) is 2.90. The minimum absolute atomic E-state index is 0.580. The molecule has 2 nitrogen and oxygen atoms in total. The van der Waals surface area contributed by atoms with Gasteiger partial charge in [-0.25, -0.2) is 4.98 Å². The van der Waals surface area contributed by atoms with E-state index in [1.807, 2.05) is 23.1 Å². The number of hydrogen-bond acceptors (Lipinski definition) is 4. The fourth-order valence-corrected chi connectivity index (χ4v) is 4.09. The second-order valence-electron chi connectivity index (χ2n) is 4.25. The van der Waals surface area contributed by atoms with Gasteiger partial charge in [0.1, 0.15) is 5.01 Å². The van der Waals surface area contributed by atoms with Gasteiger partial charge in [0, 0.05) is 16.7 Å². The second-order valence-corrected chi connectivity index (χ2v) is 6.23. The van der Waals surface area contributed by atoms with Crippen LogP contribution in [0.4, 0.5) is 0 Å². The van der Waals surface area contributed by atoms with Gasteiger partial charge in [0.25, 0.3) is 0 Å². The van der Waals surface area contributed by atoms with Crippen LogP contribution in [0.2, 0.25) is 0 Å². The molecule has 0 saturated carbocycles. The van der Waals surface area contributed by atoms with E-state index < -0.39 is 0 Å². The first-order chi connectivity index (χ1) is 7.85. The highest BCUT2D eigenvalue weighted by atomic mass is 32.2. The zero-order chi connectivity index (χ0) is 11.4. The van der Waals surface area contributed by atoms with E-state index in [4.69, 9.17) is 4.98 Å². The van der Waals surface area contributed by atoms with Crippen molar-refractivity contribution in [3.05, 3.63) is 15.6 Å². The maximum Gasteiger partial charge on any atom is 0.103 e. The molecule has 0 fully saturated rings. The van der Waals surface area contributed by atoms with E-state index in [0.29, 0.717) is 6.04 Å². The number of rotatable bonds is 5. The summed E-state index contributed by atoms with van der Waals surface area (Å²) in [4.78, 5) is 6.27. The summed E-state index contributed by atoms with van der Waals surface area (Å²) in [6, 6.07) is 0.580. The summed E-state index contributed by atoms with van der Waals surface area (Å²) in [6.07, 6.45) is 7.12. The third-order valence-corrected chi connectivity index (χ3v) is 4.86. The number of nitrogens with one attached hydrogen (secondary N) is 1. The van der Waals surface area contributed by atoms with E-state index in [9.17, 15) is 0 Å². The minimum atomic E-state index is 0.580. The zero-order valence-electron chi connectivity index (χ0n) is 10.1. The van der Waals surface area contributed by atoms with Crippen LogP contribution in [0.1, 0.15) is 47.8 Å². The molecule has 0 aliphatic heterocycles. The van der Waals surface area contributed by atoms with Gasteiger partial charge in [-0.05, 0) is 38.5 Å². The fraction of sp³-hybridized carbons (Fsp3) is 0.750. The highest BCUT2D eigenvalue weighted by Crippen LogP contribution is 2.35. The lowest BCUT2D eigenvalue weighted by molar-refractivity contribution is 0.464. The molecule has 0 amide bonds. The van der Waals surface area contributed by atoms with Crippen molar-refractivity contribution in [3.8, 4) is 0 Å². The third kappa shape index (κ3) is 2.79. The predicted molar refractivity (Wildman–Crippen MR) is 73.3 cm³/mol. The Bertz CT molecular complexity index is 336. The average Bonchev–Trinajstić information content (AvgIpc) is 2.69. The fourth-order valence-electron chi connectivity index (χ4n) is 2.17. The van der Waals surface area contributed by atoms with Crippen LogP contribution in [-0.2, 0) is 12.2 Å². The van der Waals surface area contributed by atoms with Crippen LogP contribution in [0, 0.1) is 0 Å². The van der Waals surface area contributed by atoms with E-state index in [1.54, 1.807) is 0 Å². The van der Waals surface area contributed by atoms with Crippen molar-refractivity contribution in [3.63, 3.8) is 0 Å². The van der Waals surface area contributed by atoms with E-state index >= 15 is 0 Å². The van der Waals surface area contributed by atoms with Crippen LogP contribution >= 0.6 is 23.1 Å². The molecule has 90 valence electrons. The average molecular weight is 256 g/mol. The minimum Gasteiger partial charge on any atom is -0.309 e. The second kappa shape index (κ2) is 6.03. The lowest BCUT2D eigenvalue weighted by Crippen LogP contribution is -2.24. The molecule has 0 bridgehead atoms. The molecule has 1 heterocycles. The van der Waals surface area contributed by atoms with Crippen LogP contribution in [0.15, 0.2) is 0 Å². The van der Waals surface area contributed by atoms with Gasteiger partial charge in [-0.15, -0.1) is 11.3 Å². The Morgan fingerprint density at radius 2 is 2.44 bits per heavy atom. The summed E-state index contributed by atoms with van der Waals surface area (Å²) in [6.45, 7) is 3.35. The van der Waals surface area contributed by atoms with Gasteiger partial charge in [-0.2, -0.15) is 11.8 Å². The van der Waals surface area contributed by atoms with Crippen LogP contribution in [0.3, 0.4) is 0 Å². The summed E-state index contributed by atoms with van der Waals surface area (Å²) >= 11 is 3.79. The largest absolute Gasteiger partial charge is 0.309 e. The van der Waals surface area contributed by atoms with Gasteiger partial charge in [0.2, 0.25) is 0 Å². The monoisotopic (exact) mass is 256 g/mol. The molecule has 1 aliphatic carbocycles. The SMILES string of the molecule is CCCNC1CCCc2nc(CSC)sc21. The molecule has 1 aromatic rings. The Labute approximate surface area is 106 Å². The number of aromatic nitrogens is 1. The molecule has 0 aromatic carbocycles. The van der Waals surface area contributed by atoms with Crippen molar-refractivity contribution in [2.24, 2.45) is 0 Å². The van der Waals surface area contributed by atoms with Crippen molar-refractivity contribution < 1.29 is 0 Å². The Balaban J connectivity index is 2.10. The maximum absolute atomic E-state index is 4.76. The first-order valence-corrected chi connectivity index (χ1v) is 8.27. The van der Waals surface area contributed by atoms with Gasteiger partial charge >= 0.3 is 0 Å². The maximum atomic E-state index is 4.76. The van der Waals surface area contributed by atoms with E-state index in [-0.39, 0.29) is 0 Å². The molecule has 4 heteroatoms. The lowest BCUT2D eigenvalue weighted by Gasteiger charge is -2.22. The molecule has 0 spiro atoms. The standard InChI is InChI=1S/C12H20N2S2/c1-3-7-13-9-5-4-6-10-12(9)16-11(14-10)8-15-2/h9,13H,3-8H2,1-2H3. The number of aryl methyl sites for hydroxylation is 1. The zero-order valence-corrected chi connectivity index (χ0v) is 11.7. The highest BCUT2D eigenvalue weighted by molar-refractivity contribution is 7.97. The number of nitrogens with zero attached hydrogens (tertiary/aromatic N) is 1. The molecule has 1 atom stereocenters. The number of thioether (sulfide) groups is 1. The summed E-state index contributed by atoms with van der Waals surface area (Å²) in [7, 11) is 0. The molecular weight excluding hydrogens is 236 g/mol. The number of hydrogen-bond donors (Lipinski definition) is 1. The molecule has 0 radical (unpaired) electrons. The normalized spacial score (nSPS) is 19.8. The Morgan fingerprint density at radius 3 is 3.19 bits per heavy atom. The number of thiazole rings is 1. The molecule has 1 unspecified atom stereocenters. The molecule has 1 aliphatic rings. The van der Waals surface area contributed by atoms with Crippen molar-refractivity contribution >= 4 is 23.1 Å². The van der Waals surface area contributed by atoms with Crippen molar-refractivity contribution in [1.82, 2.24) is 10.3 Å². The Morgan fingerprint density at radius 1 is 1.56 bits per heavy atom. The predicted octanol–water partition coefficient (Wildman–Crippen LogP) is 3.38. The van der Waals surface area contributed by atoms with Gasteiger partial charge in [0.05, 0.1) is 5.69 Å². The van der Waals surface area contributed by atoms with E-state index in [0.717, 1.165) is 12.3 Å². The summed E-state index contributed by atoms with van der Waals surface area (Å²) in [5, 5.41) is 4.95. The van der Waals surface area contributed by atoms with Crippen LogP contribution in [0.25, 0.3) is 0 Å². The molecule has 0 saturated heterocycles. The first kappa shape index (κ1) is 12.4. The van der Waals surface area contributed by atoms with E-state index in [2.05, 4.69) is 18.5 Å². The lowest BCUT2D eigenvalue weighted by atomic mass is 9.98. The summed E-state index contributed by atoms with van der Waals surface area (Å²) < 4.78 is 0. The molecule has 1 aromatic heterocycles. The number of fused-ring (bicyclic) bond motifs is 1. The smallest absolute Gasteiger partial charge is 0.103 e.